The van der Waals surface area contributed by atoms with Crippen LogP contribution in [0.5, 0.6) is 0 Å². The van der Waals surface area contributed by atoms with Gasteiger partial charge in [-0.3, -0.25) is 19.8 Å². The Bertz CT molecular complexity index is 1370. The van der Waals surface area contributed by atoms with Crippen molar-refractivity contribution in [1.29, 1.82) is 0 Å². The van der Waals surface area contributed by atoms with Crippen molar-refractivity contribution in [2.45, 2.75) is 45.1 Å². The molecule has 36 heavy (non-hydrogen) atoms. The maximum atomic E-state index is 13.5. The van der Waals surface area contributed by atoms with Crippen LogP contribution in [0.3, 0.4) is 0 Å². The number of furan rings is 1. The summed E-state index contributed by atoms with van der Waals surface area (Å²) in [6, 6.07) is 16.2. The molecular formula is C27H24BrN3O4S. The average molecular weight is 566 g/mol. The molecule has 2 aromatic carbocycles. The lowest BCUT2D eigenvalue weighted by molar-refractivity contribution is -0.384. The number of aliphatic imine (C=N–C) groups is 1. The number of benzene rings is 2. The maximum Gasteiger partial charge on any atom is 0.270 e. The van der Waals surface area contributed by atoms with E-state index in [2.05, 4.69) is 15.9 Å². The van der Waals surface area contributed by atoms with Crippen LogP contribution in [0.15, 0.2) is 73.4 Å². The van der Waals surface area contributed by atoms with Gasteiger partial charge in [0.15, 0.2) is 5.17 Å². The van der Waals surface area contributed by atoms with Gasteiger partial charge in [0, 0.05) is 34.3 Å². The number of nitrogens with zero attached hydrogens (tertiary/aromatic N) is 3. The van der Waals surface area contributed by atoms with Crippen LogP contribution in [0.1, 0.15) is 43.4 Å². The number of hydrogen-bond donors (Lipinski definition) is 0. The van der Waals surface area contributed by atoms with E-state index in [9.17, 15) is 14.9 Å². The van der Waals surface area contributed by atoms with E-state index in [0.717, 1.165) is 36.9 Å². The van der Waals surface area contributed by atoms with Gasteiger partial charge in [0.1, 0.15) is 11.5 Å². The van der Waals surface area contributed by atoms with E-state index in [1.165, 1.54) is 30.3 Å². The van der Waals surface area contributed by atoms with Gasteiger partial charge in [0.05, 0.1) is 15.5 Å². The first kappa shape index (κ1) is 24.5. The minimum Gasteiger partial charge on any atom is -0.457 e. The Morgan fingerprint density at radius 1 is 1.11 bits per heavy atom. The molecule has 1 saturated heterocycles. The van der Waals surface area contributed by atoms with Crippen molar-refractivity contribution in [2.24, 2.45) is 4.99 Å². The second kappa shape index (κ2) is 10.4. The van der Waals surface area contributed by atoms with Crippen molar-refractivity contribution in [3.05, 3.63) is 85.4 Å². The van der Waals surface area contributed by atoms with Gasteiger partial charge in [-0.1, -0.05) is 37.0 Å². The van der Waals surface area contributed by atoms with E-state index in [0.29, 0.717) is 31.6 Å². The highest BCUT2D eigenvalue weighted by Gasteiger charge is 2.38. The van der Waals surface area contributed by atoms with Crippen LogP contribution in [0.2, 0.25) is 0 Å². The Hall–Kier alpha value is -3.17. The molecule has 1 aliphatic carbocycles. The zero-order chi connectivity index (χ0) is 25.2. The number of halogens is 1. The van der Waals surface area contributed by atoms with Gasteiger partial charge >= 0.3 is 0 Å². The van der Waals surface area contributed by atoms with Crippen LogP contribution in [-0.2, 0) is 4.79 Å². The van der Waals surface area contributed by atoms with Gasteiger partial charge in [-0.15, -0.1) is 0 Å². The fourth-order valence-corrected chi connectivity index (χ4v) is 6.08. The molecular weight excluding hydrogens is 542 g/mol. The molecule has 1 saturated carbocycles. The van der Waals surface area contributed by atoms with E-state index < -0.39 is 4.92 Å². The molecule has 1 amide bonds. The first-order valence-electron chi connectivity index (χ1n) is 11.8. The first-order valence-corrected chi connectivity index (χ1v) is 13.4. The normalized spacial score (nSPS) is 18.9. The molecule has 0 unspecified atom stereocenters. The molecule has 0 atom stereocenters. The highest BCUT2D eigenvalue weighted by molar-refractivity contribution is 9.10. The Labute approximate surface area is 221 Å². The quantitative estimate of drug-likeness (QED) is 0.178. The summed E-state index contributed by atoms with van der Waals surface area (Å²) in [6.07, 6.45) is 7.13. The molecule has 0 spiro atoms. The summed E-state index contributed by atoms with van der Waals surface area (Å²) < 4.78 is 6.57. The Morgan fingerprint density at radius 3 is 2.56 bits per heavy atom. The lowest BCUT2D eigenvalue weighted by atomic mass is 9.94. The van der Waals surface area contributed by atoms with E-state index in [-0.39, 0.29) is 17.6 Å². The topological polar surface area (TPSA) is 89.0 Å². The van der Waals surface area contributed by atoms with Crippen molar-refractivity contribution in [2.75, 3.05) is 0 Å². The fourth-order valence-electron chi connectivity index (χ4n) is 4.48. The van der Waals surface area contributed by atoms with E-state index in [4.69, 9.17) is 9.41 Å². The first-order chi connectivity index (χ1) is 17.4. The van der Waals surface area contributed by atoms with Gasteiger partial charge in [-0.25, -0.2) is 4.99 Å². The monoisotopic (exact) mass is 565 g/mol. The minimum absolute atomic E-state index is 0.00401. The second-order valence-corrected chi connectivity index (χ2v) is 10.8. The van der Waals surface area contributed by atoms with Crippen LogP contribution in [0.4, 0.5) is 11.4 Å². The predicted octanol–water partition coefficient (Wildman–Crippen LogP) is 7.86. The molecule has 184 valence electrons. The molecule has 0 bridgehead atoms. The third-order valence-electron chi connectivity index (χ3n) is 6.36. The number of amidine groups is 1. The number of hydrogen-bond acceptors (Lipinski definition) is 6. The van der Waals surface area contributed by atoms with Crippen molar-refractivity contribution in [3.63, 3.8) is 0 Å². The third kappa shape index (κ3) is 5.17. The molecule has 0 N–H and O–H groups in total. The number of thioether (sulfide) groups is 1. The number of nitro groups is 1. The summed E-state index contributed by atoms with van der Waals surface area (Å²) in [5, 5.41) is 11.7. The number of non-ortho nitro benzene ring substituents is 1. The zero-order valence-corrected chi connectivity index (χ0v) is 22.0. The third-order valence-corrected chi connectivity index (χ3v) is 8.00. The van der Waals surface area contributed by atoms with Gasteiger partial charge < -0.3 is 4.42 Å². The maximum absolute atomic E-state index is 13.5. The standard InChI is InChI=1S/C27H24BrN3O4S/c1-17-7-9-18(10-8-17)29-27-30(19-5-3-2-4-6-19)26(32)25(36-27)16-21-12-14-24(35-21)22-13-11-20(31(33)34)15-23(22)28/h7-16,19H,2-6H2,1H3/b25-16+,29-27?. The summed E-state index contributed by atoms with van der Waals surface area (Å²) >= 11 is 4.77. The van der Waals surface area contributed by atoms with Gasteiger partial charge in [-0.05, 0) is 77.8 Å². The number of carbonyl (C=O) groups is 1. The minimum atomic E-state index is -0.441. The molecule has 2 aliphatic rings. The molecule has 7 nitrogen and oxygen atoms in total. The van der Waals surface area contributed by atoms with Crippen LogP contribution in [-0.4, -0.2) is 26.9 Å². The number of aryl methyl sites for hydroxylation is 1. The number of amides is 1. The highest BCUT2D eigenvalue weighted by Crippen LogP contribution is 2.39. The van der Waals surface area contributed by atoms with E-state index >= 15 is 0 Å². The Kier molecular flexibility index (Phi) is 7.11. The van der Waals surface area contributed by atoms with Crippen LogP contribution in [0.25, 0.3) is 17.4 Å². The number of nitro benzene ring substituents is 1. The fraction of sp³-hybridized carbons (Fsp3) is 0.259. The average Bonchev–Trinajstić information content (AvgIpc) is 3.45. The molecule has 1 aromatic heterocycles. The SMILES string of the molecule is Cc1ccc(N=C2S/C(=C/c3ccc(-c4ccc([N+](=O)[O-])cc4Br)o3)C(=O)N2C2CCCCC2)cc1. The Morgan fingerprint density at radius 2 is 1.86 bits per heavy atom. The van der Waals surface area contributed by atoms with Crippen LogP contribution >= 0.6 is 27.7 Å². The van der Waals surface area contributed by atoms with Crippen molar-refractivity contribution < 1.29 is 14.1 Å². The molecule has 2 fully saturated rings. The zero-order valence-electron chi connectivity index (χ0n) is 19.6. The van der Waals surface area contributed by atoms with Gasteiger partial charge in [-0.2, -0.15) is 0 Å². The highest BCUT2D eigenvalue weighted by atomic mass is 79.9. The van der Waals surface area contributed by atoms with Crippen LogP contribution < -0.4 is 0 Å². The summed E-state index contributed by atoms with van der Waals surface area (Å²) in [7, 11) is 0. The molecule has 1 aliphatic heterocycles. The van der Waals surface area contributed by atoms with Crippen molar-refractivity contribution in [1.82, 2.24) is 4.90 Å². The molecule has 3 aromatic rings. The van der Waals surface area contributed by atoms with Crippen molar-refractivity contribution in [3.8, 4) is 11.3 Å². The molecule has 5 rings (SSSR count). The second-order valence-electron chi connectivity index (χ2n) is 8.93. The number of rotatable bonds is 5. The van der Waals surface area contributed by atoms with Gasteiger partial charge in [0.25, 0.3) is 11.6 Å². The summed E-state index contributed by atoms with van der Waals surface area (Å²) in [6.45, 7) is 2.03. The predicted molar refractivity (Wildman–Crippen MR) is 146 cm³/mol. The summed E-state index contributed by atoms with van der Waals surface area (Å²) in [5.41, 5.74) is 2.67. The lowest BCUT2D eigenvalue weighted by Gasteiger charge is -2.30. The smallest absolute Gasteiger partial charge is 0.270 e. The summed E-state index contributed by atoms with van der Waals surface area (Å²) in [4.78, 5) is 31.4. The van der Waals surface area contributed by atoms with E-state index in [1.807, 2.05) is 36.1 Å². The van der Waals surface area contributed by atoms with Crippen molar-refractivity contribution >= 4 is 56.2 Å². The van der Waals surface area contributed by atoms with Crippen LogP contribution in [0, 0.1) is 17.0 Å². The Balaban J connectivity index is 1.45. The largest absolute Gasteiger partial charge is 0.457 e. The summed E-state index contributed by atoms with van der Waals surface area (Å²) in [5.74, 6) is 1.04. The molecule has 0 radical (unpaired) electrons. The number of carbonyl (C=O) groups excluding carboxylic acids is 1. The molecule has 2 heterocycles. The lowest BCUT2D eigenvalue weighted by Crippen LogP contribution is -2.40. The molecule has 9 heteroatoms. The van der Waals surface area contributed by atoms with E-state index in [1.54, 1.807) is 24.3 Å². The van der Waals surface area contributed by atoms with Gasteiger partial charge in [0.2, 0.25) is 0 Å².